The SMILES string of the molecule is Cc1nn(Cc2ccc(F)cc2)c2sc(C(=O)N3CCCC(C4OCCO4)C3)cc12. The van der Waals surface area contributed by atoms with Crippen LogP contribution in [0, 0.1) is 18.7 Å². The Kier molecular flexibility index (Phi) is 5.30. The van der Waals surface area contributed by atoms with Gasteiger partial charge in [0.25, 0.3) is 5.91 Å². The molecule has 8 heteroatoms. The summed E-state index contributed by atoms with van der Waals surface area (Å²) >= 11 is 1.48. The van der Waals surface area contributed by atoms with Gasteiger partial charge in [-0.1, -0.05) is 12.1 Å². The third kappa shape index (κ3) is 3.75. The Bertz CT molecular complexity index is 1060. The molecule has 0 N–H and O–H groups in total. The van der Waals surface area contributed by atoms with Crippen LogP contribution in [0.3, 0.4) is 0 Å². The van der Waals surface area contributed by atoms with Gasteiger partial charge < -0.3 is 14.4 Å². The number of amides is 1. The number of hydrogen-bond donors (Lipinski definition) is 0. The molecule has 3 aromatic rings. The molecule has 2 fully saturated rings. The highest BCUT2D eigenvalue weighted by Crippen LogP contribution is 2.32. The number of thiophene rings is 1. The lowest BCUT2D eigenvalue weighted by Gasteiger charge is -2.34. The number of hydrogen-bond acceptors (Lipinski definition) is 5. The molecule has 158 valence electrons. The lowest BCUT2D eigenvalue weighted by atomic mass is 9.97. The van der Waals surface area contributed by atoms with E-state index in [9.17, 15) is 9.18 Å². The number of likely N-dealkylation sites (tertiary alicyclic amines) is 1. The summed E-state index contributed by atoms with van der Waals surface area (Å²) in [6.45, 7) is 5.19. The van der Waals surface area contributed by atoms with E-state index < -0.39 is 0 Å². The van der Waals surface area contributed by atoms with Crippen molar-refractivity contribution >= 4 is 27.5 Å². The molecule has 1 atom stereocenters. The van der Waals surface area contributed by atoms with Gasteiger partial charge in [0.1, 0.15) is 10.6 Å². The fourth-order valence-corrected chi connectivity index (χ4v) is 5.44. The van der Waals surface area contributed by atoms with Crippen LogP contribution in [0.4, 0.5) is 4.39 Å². The molecule has 1 aromatic carbocycles. The average Bonchev–Trinajstić information content (AvgIpc) is 3.49. The lowest BCUT2D eigenvalue weighted by Crippen LogP contribution is -2.43. The number of nitrogens with zero attached hydrogens (tertiary/aromatic N) is 3. The molecule has 1 unspecified atom stereocenters. The van der Waals surface area contributed by atoms with Gasteiger partial charge in [-0.3, -0.25) is 9.48 Å². The maximum absolute atomic E-state index is 13.2. The van der Waals surface area contributed by atoms with Gasteiger partial charge in [0, 0.05) is 24.4 Å². The molecule has 0 spiro atoms. The van der Waals surface area contributed by atoms with E-state index in [2.05, 4.69) is 5.10 Å². The van der Waals surface area contributed by atoms with Gasteiger partial charge in [-0.05, 0) is 43.5 Å². The maximum atomic E-state index is 13.2. The van der Waals surface area contributed by atoms with Crippen molar-refractivity contribution in [1.82, 2.24) is 14.7 Å². The molecule has 0 aliphatic carbocycles. The number of aryl methyl sites for hydroxylation is 1. The molecule has 30 heavy (non-hydrogen) atoms. The Labute approximate surface area is 178 Å². The standard InChI is InChI=1S/C22H24FN3O3S/c1-14-18-11-19(20(27)25-8-2-3-16(13-25)22-28-9-10-29-22)30-21(18)26(24-14)12-15-4-6-17(23)7-5-15/h4-7,11,16,22H,2-3,8-10,12-13H2,1H3. The third-order valence-electron chi connectivity index (χ3n) is 5.84. The van der Waals surface area contributed by atoms with E-state index in [-0.39, 0.29) is 23.9 Å². The first-order valence-electron chi connectivity index (χ1n) is 10.3. The van der Waals surface area contributed by atoms with E-state index in [0.29, 0.717) is 26.3 Å². The fraction of sp³-hybridized carbons (Fsp3) is 0.455. The minimum atomic E-state index is -0.252. The van der Waals surface area contributed by atoms with Crippen molar-refractivity contribution in [2.75, 3.05) is 26.3 Å². The molecule has 0 bridgehead atoms. The van der Waals surface area contributed by atoms with Gasteiger partial charge in [0.15, 0.2) is 6.29 Å². The minimum absolute atomic E-state index is 0.0617. The highest BCUT2D eigenvalue weighted by atomic mass is 32.1. The van der Waals surface area contributed by atoms with E-state index in [1.54, 1.807) is 12.1 Å². The van der Waals surface area contributed by atoms with Crippen molar-refractivity contribution in [3.8, 4) is 0 Å². The summed E-state index contributed by atoms with van der Waals surface area (Å²) in [5, 5.41) is 5.62. The molecular weight excluding hydrogens is 405 g/mol. The molecule has 0 radical (unpaired) electrons. The first-order chi connectivity index (χ1) is 14.6. The summed E-state index contributed by atoms with van der Waals surface area (Å²) in [4.78, 5) is 16.9. The van der Waals surface area contributed by atoms with E-state index in [1.807, 2.05) is 22.6 Å². The Morgan fingerprint density at radius 3 is 2.80 bits per heavy atom. The molecular formula is C22H24FN3O3S. The molecule has 4 heterocycles. The molecule has 0 saturated carbocycles. The first kappa shape index (κ1) is 19.7. The summed E-state index contributed by atoms with van der Waals surface area (Å²) in [6, 6.07) is 8.39. The normalized spacial score (nSPS) is 20.3. The summed E-state index contributed by atoms with van der Waals surface area (Å²) in [5.74, 6) is 0.0414. The number of aromatic nitrogens is 2. The molecule has 2 saturated heterocycles. The topological polar surface area (TPSA) is 56.6 Å². The van der Waals surface area contributed by atoms with Gasteiger partial charge >= 0.3 is 0 Å². The van der Waals surface area contributed by atoms with E-state index in [1.165, 1.54) is 23.5 Å². The van der Waals surface area contributed by atoms with Crippen LogP contribution in [0.1, 0.15) is 33.8 Å². The smallest absolute Gasteiger partial charge is 0.264 e. The second kappa shape index (κ2) is 8.09. The van der Waals surface area contributed by atoms with Crippen LogP contribution in [0.5, 0.6) is 0 Å². The molecule has 1 amide bonds. The second-order valence-electron chi connectivity index (χ2n) is 7.96. The number of piperidine rings is 1. The lowest BCUT2D eigenvalue weighted by molar-refractivity contribution is -0.0968. The van der Waals surface area contributed by atoms with Gasteiger partial charge in [0.2, 0.25) is 0 Å². The second-order valence-corrected chi connectivity index (χ2v) is 8.99. The Morgan fingerprint density at radius 2 is 2.03 bits per heavy atom. The van der Waals surface area contributed by atoms with Gasteiger partial charge in [-0.25, -0.2) is 4.39 Å². The van der Waals surface area contributed by atoms with Gasteiger partial charge in [-0.15, -0.1) is 11.3 Å². The molecule has 2 aromatic heterocycles. The number of carbonyl (C=O) groups is 1. The van der Waals surface area contributed by atoms with Crippen molar-refractivity contribution in [3.05, 3.63) is 52.3 Å². The van der Waals surface area contributed by atoms with Crippen molar-refractivity contribution in [2.24, 2.45) is 5.92 Å². The Balaban J connectivity index is 1.36. The number of ether oxygens (including phenoxy) is 2. The van der Waals surface area contributed by atoms with Crippen LogP contribution in [0.2, 0.25) is 0 Å². The van der Waals surface area contributed by atoms with Crippen molar-refractivity contribution in [3.63, 3.8) is 0 Å². The Hall–Kier alpha value is -2.29. The summed E-state index contributed by atoms with van der Waals surface area (Å²) in [7, 11) is 0. The predicted molar refractivity (Wildman–Crippen MR) is 112 cm³/mol. The van der Waals surface area contributed by atoms with Crippen molar-refractivity contribution < 1.29 is 18.7 Å². The molecule has 2 aliphatic rings. The summed E-state index contributed by atoms with van der Waals surface area (Å²) in [6.07, 6.45) is 1.80. The first-order valence-corrected chi connectivity index (χ1v) is 11.1. The molecule has 6 nitrogen and oxygen atoms in total. The summed E-state index contributed by atoms with van der Waals surface area (Å²) < 4.78 is 26.4. The highest BCUT2D eigenvalue weighted by molar-refractivity contribution is 7.20. The largest absolute Gasteiger partial charge is 0.350 e. The van der Waals surface area contributed by atoms with E-state index >= 15 is 0 Å². The Morgan fingerprint density at radius 1 is 1.27 bits per heavy atom. The van der Waals surface area contributed by atoms with Crippen LogP contribution in [-0.4, -0.2) is 53.2 Å². The fourth-order valence-electron chi connectivity index (χ4n) is 4.31. The van der Waals surface area contributed by atoms with Crippen molar-refractivity contribution in [1.29, 1.82) is 0 Å². The number of fused-ring (bicyclic) bond motifs is 1. The molecule has 5 rings (SSSR count). The van der Waals surface area contributed by atoms with Crippen LogP contribution >= 0.6 is 11.3 Å². The van der Waals surface area contributed by atoms with Crippen LogP contribution in [0.25, 0.3) is 10.2 Å². The zero-order valence-electron chi connectivity index (χ0n) is 16.8. The number of rotatable bonds is 4. The van der Waals surface area contributed by atoms with Crippen LogP contribution < -0.4 is 0 Å². The van der Waals surface area contributed by atoms with Crippen LogP contribution in [-0.2, 0) is 16.0 Å². The predicted octanol–water partition coefficient (Wildman–Crippen LogP) is 3.82. The van der Waals surface area contributed by atoms with Crippen LogP contribution in [0.15, 0.2) is 30.3 Å². The van der Waals surface area contributed by atoms with Gasteiger partial charge in [0.05, 0.1) is 30.3 Å². The zero-order chi connectivity index (χ0) is 20.7. The zero-order valence-corrected chi connectivity index (χ0v) is 17.7. The third-order valence-corrected chi connectivity index (χ3v) is 6.98. The van der Waals surface area contributed by atoms with E-state index in [0.717, 1.165) is 45.7 Å². The number of carbonyl (C=O) groups excluding carboxylic acids is 1. The molecule has 2 aliphatic heterocycles. The van der Waals surface area contributed by atoms with Gasteiger partial charge in [-0.2, -0.15) is 5.10 Å². The number of benzene rings is 1. The monoisotopic (exact) mass is 429 g/mol. The average molecular weight is 430 g/mol. The number of halogens is 1. The van der Waals surface area contributed by atoms with Crippen molar-refractivity contribution in [2.45, 2.75) is 32.6 Å². The quantitative estimate of drug-likeness (QED) is 0.633. The summed E-state index contributed by atoms with van der Waals surface area (Å²) in [5.41, 5.74) is 1.87. The van der Waals surface area contributed by atoms with E-state index in [4.69, 9.17) is 9.47 Å². The maximum Gasteiger partial charge on any atom is 0.264 e. The minimum Gasteiger partial charge on any atom is -0.350 e. The highest BCUT2D eigenvalue weighted by Gasteiger charge is 2.33.